The van der Waals surface area contributed by atoms with Crippen LogP contribution in [0.1, 0.15) is 17.0 Å². The van der Waals surface area contributed by atoms with E-state index < -0.39 is 18.3 Å². The molecule has 0 aliphatic carbocycles. The number of aromatic nitrogens is 4. The van der Waals surface area contributed by atoms with Gasteiger partial charge >= 0.3 is 5.97 Å². The molecule has 0 unspecified atom stereocenters. The van der Waals surface area contributed by atoms with E-state index >= 15 is 0 Å². The van der Waals surface area contributed by atoms with Crippen molar-refractivity contribution in [3.8, 4) is 6.07 Å². The highest BCUT2D eigenvalue weighted by Crippen LogP contribution is 2.18. The van der Waals surface area contributed by atoms with Gasteiger partial charge in [-0.05, 0) is 43.7 Å². The highest BCUT2D eigenvalue weighted by molar-refractivity contribution is 5.98. The van der Waals surface area contributed by atoms with Crippen LogP contribution in [-0.4, -0.2) is 39.2 Å². The average molecular weight is 407 g/mol. The Balaban J connectivity index is 1.78. The Kier molecular flexibility index (Phi) is 6.39. The zero-order chi connectivity index (χ0) is 21.7. The Labute approximate surface area is 172 Å². The fourth-order valence-corrected chi connectivity index (χ4v) is 3.10. The summed E-state index contributed by atoms with van der Waals surface area (Å²) >= 11 is 0. The molecule has 0 radical (unpaired) electrons. The van der Waals surface area contributed by atoms with E-state index in [1.54, 1.807) is 31.4 Å². The highest BCUT2D eigenvalue weighted by Gasteiger charge is 2.15. The maximum atomic E-state index is 12.4. The van der Waals surface area contributed by atoms with Crippen molar-refractivity contribution in [3.05, 3.63) is 63.2 Å². The molecule has 9 heteroatoms. The predicted molar refractivity (Wildman–Crippen MR) is 109 cm³/mol. The van der Waals surface area contributed by atoms with E-state index in [0.717, 1.165) is 21.6 Å². The summed E-state index contributed by atoms with van der Waals surface area (Å²) < 4.78 is 13.2. The van der Waals surface area contributed by atoms with Crippen LogP contribution in [0, 0.1) is 25.2 Å². The van der Waals surface area contributed by atoms with E-state index in [1.807, 2.05) is 30.6 Å². The summed E-state index contributed by atoms with van der Waals surface area (Å²) in [6.45, 7) is 4.61. The summed E-state index contributed by atoms with van der Waals surface area (Å²) in [6.07, 6.45) is 1.48. The van der Waals surface area contributed by atoms with Gasteiger partial charge in [-0.15, -0.1) is 5.10 Å². The lowest BCUT2D eigenvalue weighted by Gasteiger charge is -2.08. The van der Waals surface area contributed by atoms with Crippen LogP contribution >= 0.6 is 0 Å². The largest absolute Gasteiger partial charge is 0.438 e. The van der Waals surface area contributed by atoms with Gasteiger partial charge in [-0.2, -0.15) is 9.94 Å². The standard InChI is InChI=1S/C21H21N5O4/c1-14-10-16(15(2)25(14)8-9-29-3)11-17(12-22)21(28)30-13-26-20(27)18-6-4-5-7-19(18)23-24-26/h4-7,10-11H,8-9,13H2,1-3H3/b17-11+. The average Bonchev–Trinajstić information content (AvgIpc) is 3.02. The highest BCUT2D eigenvalue weighted by atomic mass is 16.5. The Bertz CT molecular complexity index is 1220. The number of nitriles is 1. The van der Waals surface area contributed by atoms with Crippen molar-refractivity contribution in [2.75, 3.05) is 13.7 Å². The van der Waals surface area contributed by atoms with Crippen LogP contribution in [0.3, 0.4) is 0 Å². The third kappa shape index (κ3) is 4.29. The minimum Gasteiger partial charge on any atom is -0.438 e. The van der Waals surface area contributed by atoms with E-state index in [1.165, 1.54) is 6.08 Å². The second kappa shape index (κ2) is 9.15. The molecular weight excluding hydrogens is 386 g/mol. The topological polar surface area (TPSA) is 112 Å². The first kappa shape index (κ1) is 21.0. The van der Waals surface area contributed by atoms with Crippen LogP contribution in [-0.2, 0) is 27.5 Å². The van der Waals surface area contributed by atoms with E-state index in [2.05, 4.69) is 10.3 Å². The lowest BCUT2D eigenvalue weighted by Crippen LogP contribution is -2.26. The number of ether oxygens (including phenoxy) is 2. The van der Waals surface area contributed by atoms with Crippen molar-refractivity contribution in [2.45, 2.75) is 27.1 Å². The molecule has 0 N–H and O–H groups in total. The van der Waals surface area contributed by atoms with Crippen molar-refractivity contribution in [1.29, 1.82) is 5.26 Å². The van der Waals surface area contributed by atoms with Gasteiger partial charge in [0.2, 0.25) is 0 Å². The molecule has 1 aromatic carbocycles. The number of nitrogens with zero attached hydrogens (tertiary/aromatic N) is 5. The summed E-state index contributed by atoms with van der Waals surface area (Å²) in [6, 6.07) is 10.5. The van der Waals surface area contributed by atoms with E-state index in [9.17, 15) is 14.9 Å². The number of hydrogen-bond donors (Lipinski definition) is 0. The van der Waals surface area contributed by atoms with E-state index in [0.29, 0.717) is 24.1 Å². The van der Waals surface area contributed by atoms with Crippen LogP contribution in [0.2, 0.25) is 0 Å². The lowest BCUT2D eigenvalue weighted by atomic mass is 10.1. The van der Waals surface area contributed by atoms with Gasteiger partial charge in [0.25, 0.3) is 5.56 Å². The molecule has 0 amide bonds. The molecule has 2 heterocycles. The van der Waals surface area contributed by atoms with Gasteiger partial charge in [0.15, 0.2) is 6.73 Å². The maximum Gasteiger partial charge on any atom is 0.350 e. The number of esters is 1. The molecule has 0 atom stereocenters. The summed E-state index contributed by atoms with van der Waals surface area (Å²) in [7, 11) is 1.63. The second-order valence-electron chi connectivity index (χ2n) is 6.61. The Morgan fingerprint density at radius 1 is 1.30 bits per heavy atom. The fraction of sp³-hybridized carbons (Fsp3) is 0.286. The normalized spacial score (nSPS) is 11.5. The molecule has 0 saturated heterocycles. The number of hydrogen-bond acceptors (Lipinski definition) is 7. The molecule has 154 valence electrons. The number of benzene rings is 1. The Morgan fingerprint density at radius 3 is 2.80 bits per heavy atom. The van der Waals surface area contributed by atoms with Gasteiger partial charge in [-0.25, -0.2) is 4.79 Å². The molecule has 2 aromatic heterocycles. The molecular formula is C21H21N5O4. The quantitative estimate of drug-likeness (QED) is 0.334. The third-order valence-electron chi connectivity index (χ3n) is 4.72. The molecule has 0 fully saturated rings. The number of fused-ring (bicyclic) bond motifs is 1. The van der Waals surface area contributed by atoms with Gasteiger partial charge < -0.3 is 14.0 Å². The van der Waals surface area contributed by atoms with Gasteiger partial charge in [0.05, 0.1) is 12.0 Å². The number of carbonyl (C=O) groups excluding carboxylic acids is 1. The van der Waals surface area contributed by atoms with Gasteiger partial charge in [0.1, 0.15) is 17.2 Å². The number of aryl methyl sites for hydroxylation is 1. The molecule has 3 rings (SSSR count). The predicted octanol–water partition coefficient (Wildman–Crippen LogP) is 1.96. The molecule has 0 saturated carbocycles. The van der Waals surface area contributed by atoms with Crippen molar-refractivity contribution >= 4 is 22.9 Å². The van der Waals surface area contributed by atoms with Gasteiger partial charge in [0, 0.05) is 25.0 Å². The monoisotopic (exact) mass is 407 g/mol. The van der Waals surface area contributed by atoms with Crippen LogP contribution in [0.4, 0.5) is 0 Å². The van der Waals surface area contributed by atoms with Crippen molar-refractivity contribution in [3.63, 3.8) is 0 Å². The lowest BCUT2D eigenvalue weighted by molar-refractivity contribution is -0.142. The fourth-order valence-electron chi connectivity index (χ4n) is 3.10. The summed E-state index contributed by atoms with van der Waals surface area (Å²) in [4.78, 5) is 24.8. The van der Waals surface area contributed by atoms with E-state index in [4.69, 9.17) is 9.47 Å². The van der Waals surface area contributed by atoms with Crippen LogP contribution in [0.5, 0.6) is 0 Å². The zero-order valence-electron chi connectivity index (χ0n) is 17.0. The minimum atomic E-state index is -0.846. The first-order valence-electron chi connectivity index (χ1n) is 9.23. The van der Waals surface area contributed by atoms with Crippen LogP contribution < -0.4 is 5.56 Å². The third-order valence-corrected chi connectivity index (χ3v) is 4.72. The zero-order valence-corrected chi connectivity index (χ0v) is 17.0. The summed E-state index contributed by atoms with van der Waals surface area (Å²) in [5.41, 5.74) is 2.47. The van der Waals surface area contributed by atoms with Crippen LogP contribution in [0.15, 0.2) is 40.7 Å². The van der Waals surface area contributed by atoms with Gasteiger partial charge in [-0.1, -0.05) is 17.3 Å². The molecule has 30 heavy (non-hydrogen) atoms. The second-order valence-corrected chi connectivity index (χ2v) is 6.61. The number of rotatable bonds is 7. The first-order valence-corrected chi connectivity index (χ1v) is 9.23. The molecule has 0 aliphatic heterocycles. The molecule has 3 aromatic rings. The number of carbonyl (C=O) groups is 1. The molecule has 0 spiro atoms. The van der Waals surface area contributed by atoms with E-state index in [-0.39, 0.29) is 5.57 Å². The minimum absolute atomic E-state index is 0.177. The Hall–Kier alpha value is -3.77. The maximum absolute atomic E-state index is 12.4. The van der Waals surface area contributed by atoms with Crippen molar-refractivity contribution in [1.82, 2.24) is 19.6 Å². The van der Waals surface area contributed by atoms with Crippen molar-refractivity contribution < 1.29 is 14.3 Å². The SMILES string of the molecule is COCCn1c(C)cc(/C=C(\C#N)C(=O)OCn2nnc3ccccc3c2=O)c1C. The molecule has 0 bridgehead atoms. The summed E-state index contributed by atoms with van der Waals surface area (Å²) in [5, 5.41) is 17.5. The van der Waals surface area contributed by atoms with Crippen LogP contribution in [0.25, 0.3) is 17.0 Å². The summed E-state index contributed by atoms with van der Waals surface area (Å²) in [5.74, 6) is -0.846. The Morgan fingerprint density at radius 2 is 2.07 bits per heavy atom. The molecule has 0 aliphatic rings. The van der Waals surface area contributed by atoms with Gasteiger partial charge in [-0.3, -0.25) is 4.79 Å². The first-order chi connectivity index (χ1) is 14.5. The number of methoxy groups -OCH3 is 1. The van der Waals surface area contributed by atoms with Crippen molar-refractivity contribution in [2.24, 2.45) is 0 Å². The molecule has 9 nitrogen and oxygen atoms in total. The smallest absolute Gasteiger partial charge is 0.350 e.